The summed E-state index contributed by atoms with van der Waals surface area (Å²) in [6, 6.07) is 0. The normalized spacial score (nSPS) is 20.9. The molecule has 0 bridgehead atoms. The summed E-state index contributed by atoms with van der Waals surface area (Å²) in [4.78, 5) is 0. The molecule has 0 radical (unpaired) electrons. The average Bonchev–Trinajstić information content (AvgIpc) is 1.84. The van der Waals surface area contributed by atoms with Crippen molar-refractivity contribution in [1.82, 2.24) is 0 Å². The number of rotatable bonds is 3. The fraction of sp³-hybridized carbons (Fsp3) is 1.00. The van der Waals surface area contributed by atoms with E-state index in [0.29, 0.717) is 0 Å². The van der Waals surface area contributed by atoms with E-state index >= 15 is 0 Å². The van der Waals surface area contributed by atoms with Crippen LogP contribution in [-0.2, 0) is 4.57 Å². The lowest BCUT2D eigenvalue weighted by Crippen LogP contribution is -2.21. The van der Waals surface area contributed by atoms with Crippen molar-refractivity contribution >= 4 is 7.14 Å². The van der Waals surface area contributed by atoms with Gasteiger partial charge in [-0.3, -0.25) is 0 Å². The standard InChI is InChI=1S/C6H15O4P/c1-4(7)11(10,5(2)8)6(3)9/h4-9H,1-3H3/t4-,5-,6+/m1/s1. The quantitative estimate of drug-likeness (QED) is 0.551. The summed E-state index contributed by atoms with van der Waals surface area (Å²) < 4.78 is 11.6. The first-order chi connectivity index (χ1) is 4.83. The van der Waals surface area contributed by atoms with Gasteiger partial charge in [-0.2, -0.15) is 0 Å². The molecular weight excluding hydrogens is 167 g/mol. The van der Waals surface area contributed by atoms with Gasteiger partial charge in [0.2, 0.25) is 0 Å². The van der Waals surface area contributed by atoms with Gasteiger partial charge >= 0.3 is 0 Å². The molecule has 0 fully saturated rings. The highest BCUT2D eigenvalue weighted by Gasteiger charge is 2.38. The molecule has 0 heterocycles. The molecule has 3 N–H and O–H groups in total. The van der Waals surface area contributed by atoms with Gasteiger partial charge in [-0.15, -0.1) is 0 Å². The predicted octanol–water partition coefficient (Wildman–Crippen LogP) is 0.364. The lowest BCUT2D eigenvalue weighted by molar-refractivity contribution is 0.193. The molecule has 4 nitrogen and oxygen atoms in total. The van der Waals surface area contributed by atoms with Crippen molar-refractivity contribution in [3.8, 4) is 0 Å². The second-order valence-electron chi connectivity index (χ2n) is 2.66. The van der Waals surface area contributed by atoms with Crippen LogP contribution in [0.2, 0.25) is 0 Å². The second kappa shape index (κ2) is 3.68. The van der Waals surface area contributed by atoms with Crippen LogP contribution in [0.1, 0.15) is 20.8 Å². The minimum Gasteiger partial charge on any atom is -0.385 e. The third kappa shape index (κ3) is 2.03. The summed E-state index contributed by atoms with van der Waals surface area (Å²) in [7, 11) is -3.27. The molecule has 5 heteroatoms. The molecule has 0 saturated carbocycles. The summed E-state index contributed by atoms with van der Waals surface area (Å²) in [6.07, 6.45) is 0. The van der Waals surface area contributed by atoms with E-state index in [-0.39, 0.29) is 0 Å². The van der Waals surface area contributed by atoms with Gasteiger partial charge in [0.25, 0.3) is 0 Å². The molecule has 0 aliphatic rings. The Morgan fingerprint density at radius 3 is 1.09 bits per heavy atom. The zero-order valence-electron chi connectivity index (χ0n) is 6.93. The van der Waals surface area contributed by atoms with E-state index < -0.39 is 24.7 Å². The molecule has 0 spiro atoms. The number of hydrogen-bond donors (Lipinski definition) is 3. The molecule has 0 aliphatic heterocycles. The minimum atomic E-state index is -3.27. The van der Waals surface area contributed by atoms with Crippen LogP contribution in [0.15, 0.2) is 0 Å². The van der Waals surface area contributed by atoms with E-state index in [0.717, 1.165) is 0 Å². The summed E-state index contributed by atoms with van der Waals surface area (Å²) in [6.45, 7) is 3.92. The van der Waals surface area contributed by atoms with E-state index in [2.05, 4.69) is 0 Å². The molecule has 0 aliphatic carbocycles. The third-order valence-corrected chi connectivity index (χ3v) is 5.26. The zero-order valence-corrected chi connectivity index (χ0v) is 7.82. The van der Waals surface area contributed by atoms with Crippen molar-refractivity contribution in [2.75, 3.05) is 0 Å². The van der Waals surface area contributed by atoms with Crippen LogP contribution in [0.4, 0.5) is 0 Å². The highest BCUT2D eigenvalue weighted by Crippen LogP contribution is 2.56. The van der Waals surface area contributed by atoms with E-state index in [1.54, 1.807) is 0 Å². The van der Waals surface area contributed by atoms with E-state index in [9.17, 15) is 4.57 Å². The summed E-state index contributed by atoms with van der Waals surface area (Å²) >= 11 is 0. The Morgan fingerprint density at radius 2 is 1.09 bits per heavy atom. The smallest absolute Gasteiger partial charge is 0.168 e. The van der Waals surface area contributed by atoms with Gasteiger partial charge in [-0.1, -0.05) is 0 Å². The fourth-order valence-electron chi connectivity index (χ4n) is 0.937. The Bertz CT molecular complexity index is 135. The Kier molecular flexibility index (Phi) is 3.71. The third-order valence-electron chi connectivity index (χ3n) is 1.75. The Labute approximate surface area is 66.2 Å². The summed E-state index contributed by atoms with van der Waals surface area (Å²) in [5.41, 5.74) is 0. The summed E-state index contributed by atoms with van der Waals surface area (Å²) in [5.74, 6) is -3.49. The van der Waals surface area contributed by atoms with Crippen molar-refractivity contribution in [3.63, 3.8) is 0 Å². The first-order valence-corrected chi connectivity index (χ1v) is 5.38. The predicted molar refractivity (Wildman–Crippen MR) is 42.6 cm³/mol. The van der Waals surface area contributed by atoms with Crippen LogP contribution in [-0.4, -0.2) is 32.9 Å². The average molecular weight is 182 g/mol. The highest BCUT2D eigenvalue weighted by atomic mass is 31.2. The van der Waals surface area contributed by atoms with Crippen molar-refractivity contribution in [2.45, 2.75) is 38.3 Å². The minimum absolute atomic E-state index is 1.16. The lowest BCUT2D eigenvalue weighted by atomic mass is 10.8. The number of aliphatic hydroxyl groups excluding tert-OH is 3. The second-order valence-corrected chi connectivity index (χ2v) is 6.43. The van der Waals surface area contributed by atoms with Crippen LogP contribution < -0.4 is 0 Å². The molecular formula is C6H15O4P. The molecule has 11 heavy (non-hydrogen) atoms. The maximum atomic E-state index is 11.6. The molecule has 0 saturated heterocycles. The number of hydrogen-bond acceptors (Lipinski definition) is 4. The molecule has 0 aromatic rings. The molecule has 0 rings (SSSR count). The van der Waals surface area contributed by atoms with Crippen molar-refractivity contribution in [1.29, 1.82) is 0 Å². The van der Waals surface area contributed by atoms with Crippen LogP contribution in [0.3, 0.4) is 0 Å². The SMILES string of the molecule is C[C@H](O)P(=O)([C@H](C)O)[C@@H](C)O. The van der Waals surface area contributed by atoms with Crippen molar-refractivity contribution < 1.29 is 19.9 Å². The fourth-order valence-corrected chi connectivity index (χ4v) is 2.81. The van der Waals surface area contributed by atoms with Crippen molar-refractivity contribution in [3.05, 3.63) is 0 Å². The maximum Gasteiger partial charge on any atom is 0.168 e. The largest absolute Gasteiger partial charge is 0.385 e. The number of aliphatic hydroxyl groups is 3. The van der Waals surface area contributed by atoms with Gasteiger partial charge < -0.3 is 19.9 Å². The van der Waals surface area contributed by atoms with E-state index in [1.165, 1.54) is 20.8 Å². The zero-order chi connectivity index (χ0) is 9.23. The Morgan fingerprint density at radius 1 is 0.909 bits per heavy atom. The maximum absolute atomic E-state index is 11.6. The molecule has 0 aromatic heterocycles. The van der Waals surface area contributed by atoms with Gasteiger partial charge in [0.15, 0.2) is 7.14 Å². The molecule has 0 amide bonds. The summed E-state index contributed by atoms with van der Waals surface area (Å²) in [5, 5.41) is 27.1. The molecule has 0 aromatic carbocycles. The van der Waals surface area contributed by atoms with E-state index in [4.69, 9.17) is 15.3 Å². The monoisotopic (exact) mass is 182 g/mol. The van der Waals surface area contributed by atoms with Crippen molar-refractivity contribution in [2.24, 2.45) is 0 Å². The van der Waals surface area contributed by atoms with Crippen LogP contribution >= 0.6 is 7.14 Å². The van der Waals surface area contributed by atoms with E-state index in [1.807, 2.05) is 0 Å². The topological polar surface area (TPSA) is 77.8 Å². The van der Waals surface area contributed by atoms with Gasteiger partial charge in [0, 0.05) is 0 Å². The van der Waals surface area contributed by atoms with Crippen LogP contribution in [0.25, 0.3) is 0 Å². The highest BCUT2D eigenvalue weighted by molar-refractivity contribution is 7.65. The molecule has 3 atom stereocenters. The first kappa shape index (κ1) is 11.1. The first-order valence-electron chi connectivity index (χ1n) is 3.46. The van der Waals surface area contributed by atoms with Gasteiger partial charge in [0.05, 0.1) is 0 Å². The van der Waals surface area contributed by atoms with Crippen LogP contribution in [0.5, 0.6) is 0 Å². The molecule has 68 valence electrons. The van der Waals surface area contributed by atoms with Crippen LogP contribution in [0, 0.1) is 0 Å². The van der Waals surface area contributed by atoms with Gasteiger partial charge in [-0.25, -0.2) is 0 Å². The lowest BCUT2D eigenvalue weighted by Gasteiger charge is -2.26. The molecule has 0 unspecified atom stereocenters. The van der Waals surface area contributed by atoms with Gasteiger partial charge in [-0.05, 0) is 20.8 Å². The Balaban J connectivity index is 4.69. The Hall–Kier alpha value is 0.110. The van der Waals surface area contributed by atoms with Gasteiger partial charge in [0.1, 0.15) is 17.5 Å².